The zero-order valence-electron chi connectivity index (χ0n) is 20.1. The standard InChI is InChI=1S/C27H30F2N4O2/c1-19-14-25(20(2)33(19)16-21-6-8-22(28)9-7-21)26(34)17-31-10-12-32(13-11-31)18-27(35)30-24-5-3-4-23(29)15-24/h3-9,14-15H,10-13,16-18H2,1-2H3,(H,30,35). The highest BCUT2D eigenvalue weighted by molar-refractivity contribution is 5.99. The van der Waals surface area contributed by atoms with Gasteiger partial charge in [-0.1, -0.05) is 18.2 Å². The number of rotatable bonds is 8. The molecule has 1 fully saturated rings. The Hall–Kier alpha value is -3.36. The predicted molar refractivity (Wildman–Crippen MR) is 132 cm³/mol. The summed E-state index contributed by atoms with van der Waals surface area (Å²) in [5, 5.41) is 2.72. The number of benzene rings is 2. The molecule has 0 aliphatic carbocycles. The van der Waals surface area contributed by atoms with Crippen molar-refractivity contribution >= 4 is 17.4 Å². The molecule has 1 aliphatic heterocycles. The number of aryl methyl sites for hydroxylation is 1. The summed E-state index contributed by atoms with van der Waals surface area (Å²) in [7, 11) is 0. The van der Waals surface area contributed by atoms with Crippen LogP contribution in [-0.2, 0) is 11.3 Å². The Morgan fingerprint density at radius 2 is 1.51 bits per heavy atom. The van der Waals surface area contributed by atoms with Crippen LogP contribution in [0.2, 0.25) is 0 Å². The van der Waals surface area contributed by atoms with E-state index in [1.807, 2.05) is 24.8 Å². The van der Waals surface area contributed by atoms with E-state index in [1.54, 1.807) is 24.3 Å². The fourth-order valence-corrected chi connectivity index (χ4v) is 4.46. The first-order chi connectivity index (χ1) is 16.8. The highest BCUT2D eigenvalue weighted by Gasteiger charge is 2.23. The van der Waals surface area contributed by atoms with Crippen molar-refractivity contribution in [3.05, 3.63) is 88.7 Å². The van der Waals surface area contributed by atoms with Crippen LogP contribution in [0.25, 0.3) is 0 Å². The third kappa shape index (κ3) is 6.41. The summed E-state index contributed by atoms with van der Waals surface area (Å²) in [6, 6.07) is 14.2. The van der Waals surface area contributed by atoms with Crippen molar-refractivity contribution in [2.75, 3.05) is 44.6 Å². The minimum absolute atomic E-state index is 0.0701. The summed E-state index contributed by atoms with van der Waals surface area (Å²) in [5.74, 6) is -0.773. The van der Waals surface area contributed by atoms with Crippen LogP contribution in [-0.4, -0.2) is 65.3 Å². The smallest absolute Gasteiger partial charge is 0.238 e. The van der Waals surface area contributed by atoms with Gasteiger partial charge < -0.3 is 9.88 Å². The first-order valence-corrected chi connectivity index (χ1v) is 11.7. The second-order valence-electron chi connectivity index (χ2n) is 9.03. The number of hydrogen-bond acceptors (Lipinski definition) is 4. The summed E-state index contributed by atoms with van der Waals surface area (Å²) in [6.45, 7) is 7.77. The molecule has 184 valence electrons. The van der Waals surface area contributed by atoms with Gasteiger partial charge in [0.2, 0.25) is 5.91 Å². The number of amides is 1. The van der Waals surface area contributed by atoms with E-state index in [9.17, 15) is 18.4 Å². The zero-order valence-corrected chi connectivity index (χ0v) is 20.1. The quantitative estimate of drug-likeness (QED) is 0.498. The number of nitrogens with one attached hydrogen (secondary N) is 1. The summed E-state index contributed by atoms with van der Waals surface area (Å²) >= 11 is 0. The Morgan fingerprint density at radius 1 is 0.857 bits per heavy atom. The van der Waals surface area contributed by atoms with E-state index >= 15 is 0 Å². The Bertz CT molecular complexity index is 1200. The maximum atomic E-state index is 13.3. The summed E-state index contributed by atoms with van der Waals surface area (Å²) in [5.41, 5.74) is 4.02. The number of nitrogens with zero attached hydrogens (tertiary/aromatic N) is 3. The maximum Gasteiger partial charge on any atom is 0.238 e. The Kier molecular flexibility index (Phi) is 7.73. The SMILES string of the molecule is Cc1cc(C(=O)CN2CCN(CC(=O)Nc3cccc(F)c3)CC2)c(C)n1Cc1ccc(F)cc1. The van der Waals surface area contributed by atoms with Crippen LogP contribution in [0.3, 0.4) is 0 Å². The second kappa shape index (κ2) is 10.9. The molecule has 8 heteroatoms. The van der Waals surface area contributed by atoms with Gasteiger partial charge in [0.15, 0.2) is 5.78 Å². The molecule has 2 heterocycles. The van der Waals surface area contributed by atoms with Gasteiger partial charge in [-0.15, -0.1) is 0 Å². The van der Waals surface area contributed by atoms with Crippen LogP contribution in [0.15, 0.2) is 54.6 Å². The number of carbonyl (C=O) groups is 2. The largest absolute Gasteiger partial charge is 0.344 e. The fraction of sp³-hybridized carbons (Fsp3) is 0.333. The van der Waals surface area contributed by atoms with Gasteiger partial charge >= 0.3 is 0 Å². The predicted octanol–water partition coefficient (Wildman–Crippen LogP) is 3.87. The van der Waals surface area contributed by atoms with E-state index in [-0.39, 0.29) is 24.1 Å². The molecule has 2 aromatic carbocycles. The van der Waals surface area contributed by atoms with Gasteiger partial charge in [-0.3, -0.25) is 19.4 Å². The summed E-state index contributed by atoms with van der Waals surface area (Å²) in [6.07, 6.45) is 0. The van der Waals surface area contributed by atoms with Crippen molar-refractivity contribution < 1.29 is 18.4 Å². The molecule has 4 rings (SSSR count). The lowest BCUT2D eigenvalue weighted by Gasteiger charge is -2.33. The van der Waals surface area contributed by atoms with Gasteiger partial charge in [0, 0.05) is 55.4 Å². The van der Waals surface area contributed by atoms with Crippen LogP contribution in [0.5, 0.6) is 0 Å². The first kappa shape index (κ1) is 24.8. The molecule has 0 spiro atoms. The minimum atomic E-state index is -0.391. The zero-order chi connectivity index (χ0) is 24.9. The van der Waals surface area contributed by atoms with E-state index < -0.39 is 5.82 Å². The number of hydrogen-bond donors (Lipinski definition) is 1. The summed E-state index contributed by atoms with van der Waals surface area (Å²) < 4.78 is 28.6. The monoisotopic (exact) mass is 480 g/mol. The van der Waals surface area contributed by atoms with E-state index in [2.05, 4.69) is 14.8 Å². The molecule has 3 aromatic rings. The van der Waals surface area contributed by atoms with Crippen molar-refractivity contribution in [2.45, 2.75) is 20.4 Å². The van der Waals surface area contributed by atoms with Crippen molar-refractivity contribution in [1.82, 2.24) is 14.4 Å². The van der Waals surface area contributed by atoms with Crippen LogP contribution >= 0.6 is 0 Å². The second-order valence-corrected chi connectivity index (χ2v) is 9.03. The molecule has 35 heavy (non-hydrogen) atoms. The Balaban J connectivity index is 1.28. The topological polar surface area (TPSA) is 57.6 Å². The number of aromatic nitrogens is 1. The van der Waals surface area contributed by atoms with Gasteiger partial charge in [0.05, 0.1) is 13.1 Å². The molecule has 1 aliphatic rings. The minimum Gasteiger partial charge on any atom is -0.344 e. The number of anilines is 1. The average molecular weight is 481 g/mol. The van der Waals surface area contributed by atoms with E-state index in [4.69, 9.17) is 0 Å². The maximum absolute atomic E-state index is 13.3. The number of carbonyl (C=O) groups excluding carboxylic acids is 2. The van der Waals surface area contributed by atoms with Crippen LogP contribution in [0.1, 0.15) is 27.3 Å². The molecule has 1 aromatic heterocycles. The molecule has 1 amide bonds. The van der Waals surface area contributed by atoms with Crippen molar-refractivity contribution in [1.29, 1.82) is 0 Å². The molecule has 1 N–H and O–H groups in total. The first-order valence-electron chi connectivity index (χ1n) is 11.7. The lowest BCUT2D eigenvalue weighted by atomic mass is 10.1. The third-order valence-corrected chi connectivity index (χ3v) is 6.44. The van der Waals surface area contributed by atoms with E-state index in [1.165, 1.54) is 24.3 Å². The van der Waals surface area contributed by atoms with Crippen LogP contribution in [0, 0.1) is 25.5 Å². The van der Waals surface area contributed by atoms with Crippen LogP contribution < -0.4 is 5.32 Å². The van der Waals surface area contributed by atoms with Gasteiger partial charge in [-0.05, 0) is 55.8 Å². The van der Waals surface area contributed by atoms with Gasteiger partial charge in [-0.25, -0.2) is 8.78 Å². The highest BCUT2D eigenvalue weighted by Crippen LogP contribution is 2.19. The number of Topliss-reactive ketones (excluding diaryl/α,β-unsaturated/α-hetero) is 1. The third-order valence-electron chi connectivity index (χ3n) is 6.44. The van der Waals surface area contributed by atoms with E-state index in [0.29, 0.717) is 50.5 Å². The van der Waals surface area contributed by atoms with Crippen LogP contribution in [0.4, 0.5) is 14.5 Å². The van der Waals surface area contributed by atoms with Crippen molar-refractivity contribution in [2.24, 2.45) is 0 Å². The molecular formula is C27H30F2N4O2. The molecule has 0 bridgehead atoms. The van der Waals surface area contributed by atoms with Crippen molar-refractivity contribution in [3.8, 4) is 0 Å². The van der Waals surface area contributed by atoms with Gasteiger partial charge in [-0.2, -0.15) is 0 Å². The van der Waals surface area contributed by atoms with E-state index in [0.717, 1.165) is 17.0 Å². The Labute approximate surface area is 204 Å². The number of halogens is 2. The molecule has 0 unspecified atom stereocenters. The molecular weight excluding hydrogens is 450 g/mol. The van der Waals surface area contributed by atoms with Gasteiger partial charge in [0.25, 0.3) is 0 Å². The fourth-order valence-electron chi connectivity index (χ4n) is 4.46. The number of ketones is 1. The molecule has 0 saturated carbocycles. The lowest BCUT2D eigenvalue weighted by molar-refractivity contribution is -0.117. The van der Waals surface area contributed by atoms with Crippen molar-refractivity contribution in [3.63, 3.8) is 0 Å². The highest BCUT2D eigenvalue weighted by atomic mass is 19.1. The molecule has 1 saturated heterocycles. The normalized spacial score (nSPS) is 14.7. The molecule has 6 nitrogen and oxygen atoms in total. The van der Waals surface area contributed by atoms with Gasteiger partial charge in [0.1, 0.15) is 11.6 Å². The number of piperazine rings is 1. The average Bonchev–Trinajstić information content (AvgIpc) is 3.10. The summed E-state index contributed by atoms with van der Waals surface area (Å²) in [4.78, 5) is 29.5. The lowest BCUT2D eigenvalue weighted by Crippen LogP contribution is -2.49. The molecule has 0 radical (unpaired) electrons. The Morgan fingerprint density at radius 3 is 2.17 bits per heavy atom. The molecule has 0 atom stereocenters.